The van der Waals surface area contributed by atoms with Gasteiger partial charge < -0.3 is 117 Å². The number of nitrogens with one attached hydrogen (secondary N) is 11. The standard InChI is InChI=1S/C64H103N17O21S3/c1-33(83)50(78-58(95)43(30-82)77-54(91)38(16-8-10-23-66)71-52(89)36(67)31-103)61(98)74-39(19-20-47(68)85)55(92)76-42(28-49(87)88)62(99)80-24-11-17-45(80)59(96)73-40(21-26-105-3)56(93)75-41(27-35-13-5-4-6-14-35)57(94)79-51(34(2)84)63(100)81-25-12-18-46(81)60(97)72-37(15-7-9-22-65)53(90)69-29-48(86)70-44(32-104)64(101)102/h4-6,13-14,33-34,36-46,50-51,82-84,103-104H,7-12,15-32,65-67H2,1-3H3,(H2,68,85)(H,69,90)(H,70,86)(H,71,89)(H,72,97)(H,73,96)(H,74,98)(H,75,93)(H,76,92)(H,77,91)(H,78,95)(H,79,94)(H,87,88)(H,101,102)/t33-,34-,36+,37+,38+,39+,40+,41+,42+,43+,44+,45+,46+,50+,51+/m1/s1. The molecule has 1 aromatic rings. The number of likely N-dealkylation sites (tertiary alicyclic amines) is 2. The number of hydrogen-bond acceptors (Lipinski definition) is 25. The van der Waals surface area contributed by atoms with Gasteiger partial charge in [-0.1, -0.05) is 30.3 Å². The summed E-state index contributed by atoms with van der Waals surface area (Å²) in [5.41, 5.74) is 22.9. The van der Waals surface area contributed by atoms with Crippen LogP contribution in [0.1, 0.15) is 109 Å². The van der Waals surface area contributed by atoms with Crippen molar-refractivity contribution >= 4 is 132 Å². The van der Waals surface area contributed by atoms with Crippen molar-refractivity contribution in [2.75, 3.05) is 62.8 Å². The minimum Gasteiger partial charge on any atom is -0.481 e. The third-order valence-corrected chi connectivity index (χ3v) is 18.4. The quantitative estimate of drug-likeness (QED) is 0.0213. The van der Waals surface area contributed by atoms with Gasteiger partial charge in [0.1, 0.15) is 72.5 Å². The van der Waals surface area contributed by atoms with E-state index in [1.54, 1.807) is 36.6 Å². The predicted molar refractivity (Wildman–Crippen MR) is 385 cm³/mol. The third kappa shape index (κ3) is 30.5. The second kappa shape index (κ2) is 47.2. The van der Waals surface area contributed by atoms with Crippen LogP contribution < -0.4 is 81.4 Å². The molecule has 0 spiro atoms. The Morgan fingerprint density at radius 3 is 1.50 bits per heavy atom. The maximum Gasteiger partial charge on any atom is 0.327 e. The summed E-state index contributed by atoms with van der Waals surface area (Å²) < 4.78 is 0. The fourth-order valence-corrected chi connectivity index (χ4v) is 12.1. The highest BCUT2D eigenvalue weighted by Gasteiger charge is 2.44. The fourth-order valence-electron chi connectivity index (χ4n) is 11.2. The van der Waals surface area contributed by atoms with E-state index < -0.39 is 218 Å². The number of aliphatic hydroxyl groups is 3. The first-order chi connectivity index (χ1) is 49.8. The number of carbonyl (C=O) groups excluding carboxylic acids is 14. The monoisotopic (exact) mass is 1540 g/mol. The molecule has 588 valence electrons. The molecule has 0 bridgehead atoms. The molecule has 2 saturated heterocycles. The Bertz CT molecular complexity index is 3150. The van der Waals surface area contributed by atoms with Crippen molar-refractivity contribution in [3.8, 4) is 0 Å². The molecule has 0 saturated carbocycles. The van der Waals surface area contributed by atoms with Gasteiger partial charge in [0.25, 0.3) is 0 Å². The number of amides is 14. The lowest BCUT2D eigenvalue weighted by Gasteiger charge is -2.32. The van der Waals surface area contributed by atoms with Gasteiger partial charge in [0.15, 0.2) is 0 Å². The molecule has 2 aliphatic rings. The summed E-state index contributed by atoms with van der Waals surface area (Å²) in [6, 6.07) is -11.8. The number of aliphatic carboxylic acids is 2. The smallest absolute Gasteiger partial charge is 0.327 e. The molecule has 2 aliphatic heterocycles. The van der Waals surface area contributed by atoms with Gasteiger partial charge in [0, 0.05) is 37.4 Å². The third-order valence-electron chi connectivity index (χ3n) is 17.0. The van der Waals surface area contributed by atoms with Crippen molar-refractivity contribution in [3.63, 3.8) is 0 Å². The lowest BCUT2D eigenvalue weighted by Crippen LogP contribution is -2.62. The van der Waals surface area contributed by atoms with Crippen LogP contribution in [0, 0.1) is 0 Å². The summed E-state index contributed by atoms with van der Waals surface area (Å²) in [6.07, 6.45) is -2.31. The van der Waals surface area contributed by atoms with Crippen molar-refractivity contribution < 1.29 is 102 Å². The van der Waals surface area contributed by atoms with Crippen LogP contribution >= 0.6 is 37.0 Å². The van der Waals surface area contributed by atoms with Gasteiger partial charge in [0.2, 0.25) is 82.7 Å². The highest BCUT2D eigenvalue weighted by Crippen LogP contribution is 2.23. The molecule has 38 nitrogen and oxygen atoms in total. The van der Waals surface area contributed by atoms with Crippen LogP contribution in [0.25, 0.3) is 0 Å². The normalized spacial score (nSPS) is 17.8. The Hall–Kier alpha value is -8.45. The first-order valence-corrected chi connectivity index (χ1v) is 36.9. The molecule has 24 N–H and O–H groups in total. The van der Waals surface area contributed by atoms with Gasteiger partial charge in [-0.2, -0.15) is 37.0 Å². The molecule has 1 aromatic carbocycles. The molecule has 2 heterocycles. The minimum absolute atomic E-state index is 0.0222. The molecule has 15 atom stereocenters. The molecule has 0 radical (unpaired) electrons. The number of carboxylic acid groups (broad SMARTS) is 2. The maximum atomic E-state index is 14.6. The number of nitrogens with two attached hydrogens (primary N) is 4. The highest BCUT2D eigenvalue weighted by molar-refractivity contribution is 7.98. The van der Waals surface area contributed by atoms with Gasteiger partial charge in [-0.25, -0.2) is 4.79 Å². The zero-order chi connectivity index (χ0) is 78.6. The van der Waals surface area contributed by atoms with Gasteiger partial charge in [-0.15, -0.1) is 0 Å². The number of unbranched alkanes of at least 4 members (excludes halogenated alkanes) is 2. The van der Waals surface area contributed by atoms with Crippen LogP contribution in [0.3, 0.4) is 0 Å². The molecule has 41 heteroatoms. The van der Waals surface area contributed by atoms with Gasteiger partial charge >= 0.3 is 11.9 Å². The summed E-state index contributed by atoms with van der Waals surface area (Å²) >= 11 is 9.17. The molecule has 14 amide bonds. The second-order valence-corrected chi connectivity index (χ2v) is 27.0. The average molecular weight is 1540 g/mol. The van der Waals surface area contributed by atoms with E-state index in [4.69, 9.17) is 22.9 Å². The number of benzene rings is 1. The summed E-state index contributed by atoms with van der Waals surface area (Å²) in [5.74, 6) is -17.0. The van der Waals surface area contributed by atoms with E-state index in [0.717, 1.165) is 16.7 Å². The predicted octanol–water partition coefficient (Wildman–Crippen LogP) is -8.05. The SMILES string of the molecule is CSCC[C@H](NC(=O)[C@@H]1CCCN1C(=O)[C@H](CC(=O)O)NC(=O)[C@H](CCC(N)=O)NC(=O)[C@@H](NC(=O)[C@H](CO)NC(=O)[C@H](CCCCN)NC(=O)[C@@H](N)CS)[C@@H](C)O)C(=O)N[C@@H](Cc1ccccc1)C(=O)N[C@H](C(=O)N1CCC[C@H]1C(=O)N[C@@H](CCCCN)C(=O)NCC(=O)N[C@@H](CS)C(=O)O)[C@@H](C)O. The van der Waals surface area contributed by atoms with Gasteiger partial charge in [0.05, 0.1) is 37.8 Å². The molecule has 105 heavy (non-hydrogen) atoms. The van der Waals surface area contributed by atoms with Crippen LogP contribution in [-0.2, 0) is 83.1 Å². The molecule has 3 rings (SSSR count). The van der Waals surface area contributed by atoms with E-state index in [-0.39, 0.29) is 94.8 Å². The molecule has 2 fully saturated rings. The molecule has 0 unspecified atom stereocenters. The zero-order valence-electron chi connectivity index (χ0n) is 58.8. The van der Waals surface area contributed by atoms with Crippen LogP contribution in [0.2, 0.25) is 0 Å². The summed E-state index contributed by atoms with van der Waals surface area (Å²) in [5, 5.41) is 77.9. The number of primary amides is 1. The number of rotatable bonds is 48. The first-order valence-electron chi connectivity index (χ1n) is 34.3. The first kappa shape index (κ1) is 90.8. The Morgan fingerprint density at radius 2 is 1.01 bits per heavy atom. The number of hydrogen-bond donors (Lipinski definition) is 22. The van der Waals surface area contributed by atoms with Crippen molar-refractivity contribution in [2.24, 2.45) is 22.9 Å². The van der Waals surface area contributed by atoms with E-state index in [0.29, 0.717) is 31.2 Å². The van der Waals surface area contributed by atoms with Crippen molar-refractivity contribution in [2.45, 2.75) is 201 Å². The van der Waals surface area contributed by atoms with E-state index in [2.05, 4.69) is 83.7 Å². The topological polar surface area (TPSA) is 617 Å². The maximum absolute atomic E-state index is 14.6. The van der Waals surface area contributed by atoms with Crippen molar-refractivity contribution in [1.29, 1.82) is 0 Å². The van der Waals surface area contributed by atoms with Crippen LogP contribution in [-0.4, -0.2) is 284 Å². The van der Waals surface area contributed by atoms with E-state index in [1.165, 1.54) is 18.7 Å². The van der Waals surface area contributed by atoms with Gasteiger partial charge in [-0.05, 0) is 122 Å². The largest absolute Gasteiger partial charge is 0.481 e. The van der Waals surface area contributed by atoms with E-state index in [1.807, 2.05) is 0 Å². The van der Waals surface area contributed by atoms with Crippen molar-refractivity contribution in [1.82, 2.24) is 68.3 Å². The molecule has 0 aliphatic carbocycles. The van der Waals surface area contributed by atoms with Crippen LogP contribution in [0.4, 0.5) is 0 Å². The second-order valence-electron chi connectivity index (χ2n) is 25.2. The Kier molecular flexibility index (Phi) is 40.8. The van der Waals surface area contributed by atoms with Crippen molar-refractivity contribution in [3.05, 3.63) is 35.9 Å². The number of nitrogens with zero attached hydrogens (tertiary/aromatic N) is 2. The van der Waals surface area contributed by atoms with E-state index in [9.17, 15) is 102 Å². The fraction of sp³-hybridized carbons (Fsp3) is 0.656. The number of carboxylic acids is 2. The zero-order valence-corrected chi connectivity index (χ0v) is 61.4. The number of thiol groups is 2. The summed E-state index contributed by atoms with van der Waals surface area (Å²) in [6.45, 7) is 0.773. The number of aliphatic hydroxyl groups excluding tert-OH is 3. The Morgan fingerprint density at radius 1 is 0.543 bits per heavy atom. The average Bonchev–Trinajstić information content (AvgIpc) is 1.77. The number of thioether (sulfide) groups is 1. The van der Waals surface area contributed by atoms with Crippen LogP contribution in [0.5, 0.6) is 0 Å². The van der Waals surface area contributed by atoms with Gasteiger partial charge in [-0.3, -0.25) is 71.9 Å². The summed E-state index contributed by atoms with van der Waals surface area (Å²) in [4.78, 5) is 218. The Balaban J connectivity index is 1.88. The van der Waals surface area contributed by atoms with E-state index >= 15 is 0 Å². The lowest BCUT2D eigenvalue weighted by molar-refractivity contribution is -0.146. The molecule has 0 aromatic heterocycles. The molecular formula is C64H103N17O21S3. The minimum atomic E-state index is -1.99. The molecular weight excluding hydrogens is 1440 g/mol. The summed E-state index contributed by atoms with van der Waals surface area (Å²) in [7, 11) is 0. The highest BCUT2D eigenvalue weighted by atomic mass is 32.2. The Labute approximate surface area is 622 Å². The number of carbonyl (C=O) groups is 16. The lowest BCUT2D eigenvalue weighted by atomic mass is 10.0. The van der Waals surface area contributed by atoms with Crippen LogP contribution in [0.15, 0.2) is 30.3 Å².